The van der Waals surface area contributed by atoms with E-state index >= 15 is 0 Å². The maximum atomic E-state index is 12.0. The number of amides is 1. The van der Waals surface area contributed by atoms with Crippen LogP contribution in [0.25, 0.3) is 0 Å². The van der Waals surface area contributed by atoms with Crippen LogP contribution in [0, 0.1) is 22.2 Å². The second-order valence-corrected chi connectivity index (χ2v) is 10.2. The number of ether oxygens (including phenoxy) is 1. The van der Waals surface area contributed by atoms with Crippen LogP contribution in [0.5, 0.6) is 0 Å². The maximum Gasteiger partial charge on any atom is 0.405 e. The van der Waals surface area contributed by atoms with Gasteiger partial charge in [0.2, 0.25) is 10.0 Å². The summed E-state index contributed by atoms with van der Waals surface area (Å²) in [7, 11) is -3.72. The van der Waals surface area contributed by atoms with Gasteiger partial charge >= 0.3 is 6.09 Å². The standard InChI is InChI=1S/C15H28N2O4S/c1-12(2,3)15(21-11(16)18)8-10-6-7-14(15,13(10,4)5)9-22(17,19)20/h10H,6-9H2,1-5H3,(H2,16,18)(H2,17,19,20)/t10?,14-,15?/m0/s1. The largest absolute Gasteiger partial charge is 0.442 e. The molecule has 2 aliphatic carbocycles. The van der Waals surface area contributed by atoms with Crippen molar-refractivity contribution in [1.29, 1.82) is 0 Å². The summed E-state index contributed by atoms with van der Waals surface area (Å²) in [5.41, 5.74) is 2.98. The fraction of sp³-hybridized carbons (Fsp3) is 0.933. The molecule has 0 aromatic heterocycles. The van der Waals surface area contributed by atoms with Gasteiger partial charge < -0.3 is 10.5 Å². The van der Waals surface area contributed by atoms with Crippen molar-refractivity contribution < 1.29 is 17.9 Å². The molecule has 0 aliphatic heterocycles. The van der Waals surface area contributed by atoms with Gasteiger partial charge in [0.1, 0.15) is 5.60 Å². The predicted molar refractivity (Wildman–Crippen MR) is 84.4 cm³/mol. The van der Waals surface area contributed by atoms with Gasteiger partial charge in [-0.15, -0.1) is 0 Å². The zero-order chi connectivity index (χ0) is 17.2. The molecule has 3 atom stereocenters. The highest BCUT2D eigenvalue weighted by Crippen LogP contribution is 2.74. The quantitative estimate of drug-likeness (QED) is 0.822. The molecular weight excluding hydrogens is 304 g/mol. The number of primary amides is 1. The Morgan fingerprint density at radius 2 is 1.86 bits per heavy atom. The Bertz CT molecular complexity index is 593. The number of rotatable bonds is 3. The van der Waals surface area contributed by atoms with E-state index in [1.807, 2.05) is 20.8 Å². The summed E-state index contributed by atoms with van der Waals surface area (Å²) in [5.74, 6) is 0.0986. The van der Waals surface area contributed by atoms with Gasteiger partial charge in [-0.3, -0.25) is 0 Å². The number of sulfonamides is 1. The number of nitrogens with two attached hydrogens (primary N) is 2. The van der Waals surface area contributed by atoms with Gasteiger partial charge in [0.05, 0.1) is 5.75 Å². The van der Waals surface area contributed by atoms with Crippen molar-refractivity contribution in [2.24, 2.45) is 33.0 Å². The third-order valence-corrected chi connectivity index (χ3v) is 7.31. The Kier molecular flexibility index (Phi) is 3.66. The van der Waals surface area contributed by atoms with Gasteiger partial charge in [0.25, 0.3) is 0 Å². The van der Waals surface area contributed by atoms with Gasteiger partial charge in [-0.2, -0.15) is 0 Å². The summed E-state index contributed by atoms with van der Waals surface area (Å²) >= 11 is 0. The Balaban J connectivity index is 2.70. The molecule has 2 unspecified atom stereocenters. The van der Waals surface area contributed by atoms with Crippen molar-refractivity contribution in [3.8, 4) is 0 Å². The molecule has 2 aliphatic rings. The minimum Gasteiger partial charge on any atom is -0.442 e. The number of hydrogen-bond donors (Lipinski definition) is 2. The molecule has 0 radical (unpaired) electrons. The SMILES string of the molecule is CC(C)(C)C1(OC(N)=O)CC2CC[C@]1(CS(N)(=O)=O)C2(C)C. The number of carbonyl (C=O) groups excluding carboxylic acids is 1. The first-order chi connectivity index (χ1) is 9.69. The first-order valence-electron chi connectivity index (χ1n) is 7.67. The molecule has 0 spiro atoms. The molecule has 1 amide bonds. The molecule has 0 aromatic rings. The summed E-state index contributed by atoms with van der Waals surface area (Å²) in [6.45, 7) is 10.0. The van der Waals surface area contributed by atoms with Crippen LogP contribution in [0.2, 0.25) is 0 Å². The number of fused-ring (bicyclic) bond motifs is 2. The van der Waals surface area contributed by atoms with Gasteiger partial charge in [-0.05, 0) is 30.6 Å². The molecule has 2 fully saturated rings. The Morgan fingerprint density at radius 3 is 2.23 bits per heavy atom. The van der Waals surface area contributed by atoms with Gasteiger partial charge in [0, 0.05) is 10.8 Å². The smallest absolute Gasteiger partial charge is 0.405 e. The van der Waals surface area contributed by atoms with Crippen LogP contribution in [0.3, 0.4) is 0 Å². The van der Waals surface area contributed by atoms with Crippen LogP contribution >= 0.6 is 0 Å². The highest BCUT2D eigenvalue weighted by Gasteiger charge is 2.76. The molecule has 22 heavy (non-hydrogen) atoms. The van der Waals surface area contributed by atoms with Crippen LogP contribution in [0.4, 0.5) is 4.79 Å². The van der Waals surface area contributed by atoms with E-state index < -0.39 is 32.5 Å². The van der Waals surface area contributed by atoms with Crippen LogP contribution < -0.4 is 10.9 Å². The van der Waals surface area contributed by atoms with Crippen molar-refractivity contribution >= 4 is 16.1 Å². The Hall–Kier alpha value is -0.820. The topological polar surface area (TPSA) is 112 Å². The molecule has 0 aromatic carbocycles. The van der Waals surface area contributed by atoms with E-state index in [4.69, 9.17) is 15.6 Å². The average Bonchev–Trinajstić information content (AvgIpc) is 2.57. The second kappa shape index (κ2) is 4.60. The molecule has 128 valence electrons. The molecule has 0 saturated heterocycles. The number of primary sulfonamides is 1. The zero-order valence-electron chi connectivity index (χ0n) is 14.1. The predicted octanol–water partition coefficient (Wildman–Crippen LogP) is 1.98. The Labute approximate surface area is 133 Å². The van der Waals surface area contributed by atoms with Crippen LogP contribution in [0.15, 0.2) is 0 Å². The molecular formula is C15H28N2O4S. The maximum absolute atomic E-state index is 12.0. The van der Waals surface area contributed by atoms with E-state index in [0.29, 0.717) is 12.8 Å². The van der Waals surface area contributed by atoms with Gasteiger partial charge in [0.15, 0.2) is 0 Å². The number of hydrogen-bond acceptors (Lipinski definition) is 4. The van der Waals surface area contributed by atoms with Crippen LogP contribution in [-0.4, -0.2) is 25.9 Å². The minimum atomic E-state index is -3.72. The lowest BCUT2D eigenvalue weighted by atomic mass is 9.56. The normalized spacial score (nSPS) is 37.3. The summed E-state index contributed by atoms with van der Waals surface area (Å²) in [6, 6.07) is 0. The summed E-state index contributed by atoms with van der Waals surface area (Å²) < 4.78 is 29.6. The first kappa shape index (κ1) is 17.5. The van der Waals surface area contributed by atoms with E-state index in [0.717, 1.165) is 6.42 Å². The van der Waals surface area contributed by atoms with E-state index in [1.165, 1.54) is 0 Å². The summed E-state index contributed by atoms with van der Waals surface area (Å²) in [5, 5.41) is 5.41. The third kappa shape index (κ3) is 2.16. The number of carbonyl (C=O) groups is 1. The molecule has 2 bridgehead atoms. The Morgan fingerprint density at radius 1 is 1.32 bits per heavy atom. The van der Waals surface area contributed by atoms with Crippen molar-refractivity contribution in [2.75, 3.05) is 5.75 Å². The van der Waals surface area contributed by atoms with Crippen molar-refractivity contribution in [3.63, 3.8) is 0 Å². The lowest BCUT2D eigenvalue weighted by Gasteiger charge is -2.55. The van der Waals surface area contributed by atoms with E-state index in [2.05, 4.69) is 13.8 Å². The lowest BCUT2D eigenvalue weighted by molar-refractivity contribution is -0.155. The fourth-order valence-electron chi connectivity index (χ4n) is 5.32. The molecule has 2 rings (SSSR count). The molecule has 2 saturated carbocycles. The van der Waals surface area contributed by atoms with E-state index in [-0.39, 0.29) is 17.1 Å². The van der Waals surface area contributed by atoms with Gasteiger partial charge in [-0.1, -0.05) is 34.6 Å². The zero-order valence-corrected chi connectivity index (χ0v) is 14.9. The van der Waals surface area contributed by atoms with Crippen molar-refractivity contribution in [1.82, 2.24) is 0 Å². The average molecular weight is 332 g/mol. The summed E-state index contributed by atoms with van der Waals surface area (Å²) in [6.07, 6.45) is 1.36. The molecule has 7 heteroatoms. The van der Waals surface area contributed by atoms with Crippen LogP contribution in [-0.2, 0) is 14.8 Å². The highest BCUT2D eigenvalue weighted by atomic mass is 32.2. The fourth-order valence-corrected chi connectivity index (χ4v) is 6.76. The van der Waals surface area contributed by atoms with Crippen molar-refractivity contribution in [2.45, 2.75) is 59.5 Å². The molecule has 0 heterocycles. The van der Waals surface area contributed by atoms with Crippen LogP contribution in [0.1, 0.15) is 53.9 Å². The summed E-state index contributed by atoms with van der Waals surface area (Å²) in [4.78, 5) is 11.6. The third-order valence-electron chi connectivity index (χ3n) is 6.41. The minimum absolute atomic E-state index is 0.186. The van der Waals surface area contributed by atoms with E-state index in [9.17, 15) is 13.2 Å². The highest BCUT2D eigenvalue weighted by molar-refractivity contribution is 7.89. The van der Waals surface area contributed by atoms with Gasteiger partial charge in [-0.25, -0.2) is 18.4 Å². The molecule has 4 N–H and O–H groups in total. The second-order valence-electron chi connectivity index (χ2n) is 8.55. The monoisotopic (exact) mass is 332 g/mol. The van der Waals surface area contributed by atoms with Crippen molar-refractivity contribution in [3.05, 3.63) is 0 Å². The molecule has 6 nitrogen and oxygen atoms in total. The first-order valence-corrected chi connectivity index (χ1v) is 9.39. The lowest BCUT2D eigenvalue weighted by Crippen LogP contribution is -2.62. The van der Waals surface area contributed by atoms with E-state index in [1.54, 1.807) is 0 Å².